The zero-order chi connectivity index (χ0) is 8.48. The van der Waals surface area contributed by atoms with Crippen LogP contribution >= 0.6 is 0 Å². The topological polar surface area (TPSA) is 29.1 Å². The lowest BCUT2D eigenvalue weighted by Gasteiger charge is -2.29. The normalized spacial score (nSPS) is 24.5. The van der Waals surface area contributed by atoms with Crippen molar-refractivity contribution in [1.82, 2.24) is 5.32 Å². The summed E-state index contributed by atoms with van der Waals surface area (Å²) in [6.45, 7) is 7.03. The monoisotopic (exact) mass is 155 g/mol. The zero-order valence-electron chi connectivity index (χ0n) is 7.61. The number of carbonyl (C=O) groups excluding carboxylic acids is 1. The number of Topliss-reactive ketones (excluding diaryl/α,β-unsaturated/α-hetero) is 1. The molecule has 1 aliphatic heterocycles. The number of hydrogen-bond acceptors (Lipinski definition) is 2. The molecule has 0 aliphatic carbocycles. The van der Waals surface area contributed by atoms with Crippen LogP contribution in [0.4, 0.5) is 0 Å². The van der Waals surface area contributed by atoms with E-state index in [-0.39, 0.29) is 5.41 Å². The van der Waals surface area contributed by atoms with E-state index in [2.05, 4.69) is 5.32 Å². The maximum absolute atomic E-state index is 11.4. The molecule has 2 nitrogen and oxygen atoms in total. The third-order valence-corrected chi connectivity index (χ3v) is 2.19. The van der Waals surface area contributed by atoms with Crippen LogP contribution < -0.4 is 5.32 Å². The van der Waals surface area contributed by atoms with Crippen molar-refractivity contribution >= 4 is 5.78 Å². The van der Waals surface area contributed by atoms with Gasteiger partial charge in [0.25, 0.3) is 0 Å². The minimum absolute atomic E-state index is 0.155. The van der Waals surface area contributed by atoms with Crippen LogP contribution in [0, 0.1) is 5.41 Å². The third kappa shape index (κ3) is 2.29. The molecule has 0 amide bonds. The molecule has 64 valence electrons. The first-order valence-corrected chi connectivity index (χ1v) is 4.27. The summed E-state index contributed by atoms with van der Waals surface area (Å²) in [5.74, 6) is 0.370. The molecule has 1 atom stereocenters. The number of ketones is 1. The van der Waals surface area contributed by atoms with Gasteiger partial charge in [0.15, 0.2) is 0 Å². The minimum atomic E-state index is -0.155. The molecule has 1 fully saturated rings. The van der Waals surface area contributed by atoms with Crippen LogP contribution in [-0.4, -0.2) is 18.4 Å². The molecule has 0 spiro atoms. The third-order valence-electron chi connectivity index (χ3n) is 2.19. The van der Waals surface area contributed by atoms with Crippen LogP contribution in [0.15, 0.2) is 0 Å². The van der Waals surface area contributed by atoms with Gasteiger partial charge in [-0.15, -0.1) is 0 Å². The first-order chi connectivity index (χ1) is 5.00. The van der Waals surface area contributed by atoms with E-state index in [0.717, 1.165) is 6.54 Å². The first kappa shape index (κ1) is 8.72. The summed E-state index contributed by atoms with van der Waals surface area (Å²) in [5.41, 5.74) is -0.155. The second kappa shape index (κ2) is 2.94. The van der Waals surface area contributed by atoms with Gasteiger partial charge >= 0.3 is 0 Å². The summed E-state index contributed by atoms with van der Waals surface area (Å²) in [4.78, 5) is 11.4. The number of carbonyl (C=O) groups is 1. The van der Waals surface area contributed by atoms with Gasteiger partial charge in [-0.3, -0.25) is 4.79 Å². The van der Waals surface area contributed by atoms with Gasteiger partial charge in [-0.25, -0.2) is 0 Å². The van der Waals surface area contributed by atoms with E-state index >= 15 is 0 Å². The van der Waals surface area contributed by atoms with E-state index in [1.807, 2.05) is 20.8 Å². The fourth-order valence-electron chi connectivity index (χ4n) is 1.05. The number of rotatable bonds is 2. The Balaban J connectivity index is 2.30. The molecule has 11 heavy (non-hydrogen) atoms. The van der Waals surface area contributed by atoms with Crippen LogP contribution in [-0.2, 0) is 4.79 Å². The van der Waals surface area contributed by atoms with Crippen molar-refractivity contribution in [2.75, 3.05) is 6.54 Å². The summed E-state index contributed by atoms with van der Waals surface area (Å²) < 4.78 is 0. The standard InChI is InChI=1S/C9H17NO/c1-9(2,3)8(11)6-7-4-5-10-7/h7,10H,4-6H2,1-3H3. The highest BCUT2D eigenvalue weighted by atomic mass is 16.1. The van der Waals surface area contributed by atoms with Gasteiger partial charge in [0, 0.05) is 17.9 Å². The highest BCUT2D eigenvalue weighted by Crippen LogP contribution is 2.20. The fraction of sp³-hybridized carbons (Fsp3) is 0.889. The molecule has 1 saturated heterocycles. The van der Waals surface area contributed by atoms with Crippen LogP contribution in [0.1, 0.15) is 33.6 Å². The van der Waals surface area contributed by atoms with Gasteiger partial charge in [0.2, 0.25) is 0 Å². The summed E-state index contributed by atoms with van der Waals surface area (Å²) in [7, 11) is 0. The van der Waals surface area contributed by atoms with E-state index in [1.54, 1.807) is 0 Å². The second-order valence-corrected chi connectivity index (χ2v) is 4.32. The first-order valence-electron chi connectivity index (χ1n) is 4.27. The summed E-state index contributed by atoms with van der Waals surface area (Å²) in [6, 6.07) is 0.474. The number of nitrogens with one attached hydrogen (secondary N) is 1. The summed E-state index contributed by atoms with van der Waals surface area (Å²) in [6.07, 6.45) is 1.88. The second-order valence-electron chi connectivity index (χ2n) is 4.32. The van der Waals surface area contributed by atoms with Crippen molar-refractivity contribution in [3.8, 4) is 0 Å². The molecule has 0 aromatic rings. The Morgan fingerprint density at radius 1 is 1.55 bits per heavy atom. The van der Waals surface area contributed by atoms with Crippen molar-refractivity contribution in [1.29, 1.82) is 0 Å². The predicted octanol–water partition coefficient (Wildman–Crippen LogP) is 1.35. The minimum Gasteiger partial charge on any atom is -0.313 e. The highest BCUT2D eigenvalue weighted by Gasteiger charge is 2.26. The molecule has 0 aromatic heterocycles. The van der Waals surface area contributed by atoms with Crippen molar-refractivity contribution in [3.05, 3.63) is 0 Å². The molecule has 1 heterocycles. The molecule has 0 aromatic carbocycles. The molecule has 2 heteroatoms. The summed E-state index contributed by atoms with van der Waals surface area (Å²) >= 11 is 0. The molecule has 0 bridgehead atoms. The van der Waals surface area contributed by atoms with Crippen molar-refractivity contribution in [2.45, 2.75) is 39.7 Å². The van der Waals surface area contributed by atoms with Gasteiger partial charge in [-0.05, 0) is 13.0 Å². The van der Waals surface area contributed by atoms with Crippen LogP contribution in [0.25, 0.3) is 0 Å². The van der Waals surface area contributed by atoms with Crippen LogP contribution in [0.2, 0.25) is 0 Å². The maximum Gasteiger partial charge on any atom is 0.139 e. The Hall–Kier alpha value is -0.370. The lowest BCUT2D eigenvalue weighted by atomic mass is 9.85. The Morgan fingerprint density at radius 2 is 2.09 bits per heavy atom. The van der Waals surface area contributed by atoms with E-state index in [9.17, 15) is 4.79 Å². The molecular weight excluding hydrogens is 138 g/mol. The Kier molecular flexibility index (Phi) is 2.33. The SMILES string of the molecule is CC(C)(C)C(=O)CC1CCN1. The predicted molar refractivity (Wildman–Crippen MR) is 45.5 cm³/mol. The van der Waals surface area contributed by atoms with Gasteiger partial charge in [0.1, 0.15) is 5.78 Å². The van der Waals surface area contributed by atoms with E-state index in [0.29, 0.717) is 18.2 Å². The Morgan fingerprint density at radius 3 is 2.36 bits per heavy atom. The van der Waals surface area contributed by atoms with Crippen molar-refractivity contribution < 1.29 is 4.79 Å². The zero-order valence-corrected chi connectivity index (χ0v) is 7.61. The number of hydrogen-bond donors (Lipinski definition) is 1. The lowest BCUT2D eigenvalue weighted by molar-refractivity contribution is -0.127. The fourth-order valence-corrected chi connectivity index (χ4v) is 1.05. The van der Waals surface area contributed by atoms with Crippen molar-refractivity contribution in [2.24, 2.45) is 5.41 Å². The lowest BCUT2D eigenvalue weighted by Crippen LogP contribution is -2.45. The molecule has 1 aliphatic rings. The average molecular weight is 155 g/mol. The van der Waals surface area contributed by atoms with Gasteiger partial charge in [-0.2, -0.15) is 0 Å². The highest BCUT2D eigenvalue weighted by molar-refractivity contribution is 5.84. The van der Waals surface area contributed by atoms with Crippen LogP contribution in [0.3, 0.4) is 0 Å². The average Bonchev–Trinajstić information content (AvgIpc) is 1.75. The van der Waals surface area contributed by atoms with Gasteiger partial charge < -0.3 is 5.32 Å². The van der Waals surface area contributed by atoms with Gasteiger partial charge in [-0.1, -0.05) is 20.8 Å². The van der Waals surface area contributed by atoms with Crippen LogP contribution in [0.5, 0.6) is 0 Å². The summed E-state index contributed by atoms with van der Waals surface area (Å²) in [5, 5.41) is 3.23. The molecule has 0 radical (unpaired) electrons. The smallest absolute Gasteiger partial charge is 0.139 e. The molecular formula is C9H17NO. The van der Waals surface area contributed by atoms with Crippen molar-refractivity contribution in [3.63, 3.8) is 0 Å². The molecule has 1 unspecified atom stereocenters. The van der Waals surface area contributed by atoms with Gasteiger partial charge in [0.05, 0.1) is 0 Å². The largest absolute Gasteiger partial charge is 0.313 e. The molecule has 0 saturated carbocycles. The Labute approximate surface area is 68.4 Å². The Bertz CT molecular complexity index is 153. The van der Waals surface area contributed by atoms with E-state index in [1.165, 1.54) is 6.42 Å². The molecule has 1 N–H and O–H groups in total. The quantitative estimate of drug-likeness (QED) is 0.652. The van der Waals surface area contributed by atoms with E-state index in [4.69, 9.17) is 0 Å². The molecule has 1 rings (SSSR count). The maximum atomic E-state index is 11.4. The van der Waals surface area contributed by atoms with E-state index < -0.39 is 0 Å².